The molecule has 0 aliphatic heterocycles. The molecule has 0 bridgehead atoms. The Morgan fingerprint density at radius 3 is 2.77 bits per heavy atom. The maximum absolute atomic E-state index is 12.2. The summed E-state index contributed by atoms with van der Waals surface area (Å²) >= 11 is 0. The summed E-state index contributed by atoms with van der Waals surface area (Å²) in [5.74, 6) is 0.355. The van der Waals surface area contributed by atoms with Crippen molar-refractivity contribution in [3.63, 3.8) is 0 Å². The third-order valence-corrected chi connectivity index (χ3v) is 3.78. The normalized spacial score (nSPS) is 10.7. The summed E-state index contributed by atoms with van der Waals surface area (Å²) in [5.41, 5.74) is 1.90. The first-order valence-electron chi connectivity index (χ1n) is 8.47. The number of benzene rings is 2. The number of hydrogen-bond donors (Lipinski definition) is 1. The molecule has 1 amide bonds. The van der Waals surface area contributed by atoms with E-state index in [0.29, 0.717) is 12.3 Å². The van der Waals surface area contributed by atoms with E-state index in [-0.39, 0.29) is 11.6 Å². The monoisotopic (exact) mass is 354 g/mol. The highest BCUT2D eigenvalue weighted by Crippen LogP contribution is 2.23. The van der Waals surface area contributed by atoms with Crippen molar-refractivity contribution in [3.05, 3.63) is 69.8 Å². The number of non-ortho nitro benzene ring substituents is 1. The van der Waals surface area contributed by atoms with E-state index < -0.39 is 4.92 Å². The molecule has 0 radical (unpaired) electrons. The van der Waals surface area contributed by atoms with Crippen LogP contribution < -0.4 is 10.1 Å². The number of anilines is 1. The van der Waals surface area contributed by atoms with E-state index in [4.69, 9.17) is 4.74 Å². The van der Waals surface area contributed by atoms with Crippen molar-refractivity contribution in [2.45, 2.75) is 26.7 Å². The Morgan fingerprint density at radius 2 is 2.04 bits per heavy atom. The van der Waals surface area contributed by atoms with Crippen LogP contribution in [0.3, 0.4) is 0 Å². The van der Waals surface area contributed by atoms with Gasteiger partial charge in [0.05, 0.1) is 17.2 Å². The largest absolute Gasteiger partial charge is 0.493 e. The van der Waals surface area contributed by atoms with Gasteiger partial charge in [0.1, 0.15) is 5.75 Å². The molecule has 2 rings (SSSR count). The summed E-state index contributed by atoms with van der Waals surface area (Å²) in [6.45, 7) is 4.50. The number of para-hydroxylation sites is 1. The minimum absolute atomic E-state index is 0.0652. The molecular weight excluding hydrogens is 332 g/mol. The number of nitro groups is 1. The van der Waals surface area contributed by atoms with Gasteiger partial charge in [-0.1, -0.05) is 37.6 Å². The van der Waals surface area contributed by atoms with Gasteiger partial charge < -0.3 is 10.1 Å². The standard InChI is InChI=1S/C20H22N2O4/c1-3-4-13-26-19-8-6-5-7-16(19)10-12-20(23)21-18-14-17(22(24)25)11-9-15(18)2/h5-12,14H,3-4,13H2,1-2H3,(H,21,23). The van der Waals surface area contributed by atoms with Crippen LogP contribution in [-0.4, -0.2) is 17.4 Å². The number of nitrogens with one attached hydrogen (secondary N) is 1. The van der Waals surface area contributed by atoms with Gasteiger partial charge >= 0.3 is 0 Å². The highest BCUT2D eigenvalue weighted by Gasteiger charge is 2.10. The van der Waals surface area contributed by atoms with Gasteiger partial charge in [0.2, 0.25) is 5.91 Å². The maximum Gasteiger partial charge on any atom is 0.271 e. The Labute approximate surface area is 152 Å². The fourth-order valence-corrected chi connectivity index (χ4v) is 2.27. The number of carbonyl (C=O) groups is 1. The van der Waals surface area contributed by atoms with Gasteiger partial charge in [-0.15, -0.1) is 0 Å². The van der Waals surface area contributed by atoms with Crippen LogP contribution in [0.25, 0.3) is 6.08 Å². The lowest BCUT2D eigenvalue weighted by atomic mass is 10.1. The van der Waals surface area contributed by atoms with Crippen LogP contribution in [0.5, 0.6) is 5.75 Å². The van der Waals surface area contributed by atoms with Crippen LogP contribution in [0.2, 0.25) is 0 Å². The molecule has 0 aromatic heterocycles. The number of amides is 1. The zero-order valence-electron chi connectivity index (χ0n) is 14.9. The first kappa shape index (κ1) is 19.2. The molecule has 0 heterocycles. The molecule has 0 saturated carbocycles. The maximum atomic E-state index is 12.2. The number of ether oxygens (including phenoxy) is 1. The predicted octanol–water partition coefficient (Wildman–Crippen LogP) is 4.73. The van der Waals surface area contributed by atoms with Crippen LogP contribution in [0, 0.1) is 17.0 Å². The van der Waals surface area contributed by atoms with Crippen molar-refractivity contribution in [3.8, 4) is 5.75 Å². The summed E-state index contributed by atoms with van der Waals surface area (Å²) in [4.78, 5) is 22.6. The topological polar surface area (TPSA) is 81.5 Å². The third-order valence-electron chi connectivity index (χ3n) is 3.78. The summed E-state index contributed by atoms with van der Waals surface area (Å²) in [6.07, 6.45) is 5.07. The Balaban J connectivity index is 2.08. The smallest absolute Gasteiger partial charge is 0.271 e. The molecule has 0 aliphatic carbocycles. The number of rotatable bonds is 8. The van der Waals surface area contributed by atoms with Gasteiger partial charge in [0.25, 0.3) is 5.69 Å². The zero-order chi connectivity index (χ0) is 18.9. The van der Waals surface area contributed by atoms with Gasteiger partial charge in [-0.2, -0.15) is 0 Å². The van der Waals surface area contributed by atoms with Gasteiger partial charge in [-0.05, 0) is 31.1 Å². The summed E-state index contributed by atoms with van der Waals surface area (Å²) in [6, 6.07) is 11.8. The van der Waals surface area contributed by atoms with Crippen LogP contribution in [-0.2, 0) is 4.79 Å². The van der Waals surface area contributed by atoms with E-state index in [2.05, 4.69) is 12.2 Å². The van der Waals surface area contributed by atoms with E-state index >= 15 is 0 Å². The Kier molecular flexibility index (Phi) is 6.91. The quantitative estimate of drug-likeness (QED) is 0.321. The molecule has 6 heteroatoms. The molecule has 6 nitrogen and oxygen atoms in total. The van der Waals surface area contributed by atoms with Gasteiger partial charge in [0, 0.05) is 23.8 Å². The highest BCUT2D eigenvalue weighted by atomic mass is 16.6. The van der Waals surface area contributed by atoms with E-state index in [1.54, 1.807) is 19.1 Å². The van der Waals surface area contributed by atoms with Crippen molar-refractivity contribution in [2.75, 3.05) is 11.9 Å². The van der Waals surface area contributed by atoms with Crippen molar-refractivity contribution in [1.82, 2.24) is 0 Å². The number of carbonyl (C=O) groups excluding carboxylic acids is 1. The Hall–Kier alpha value is -3.15. The second-order valence-electron chi connectivity index (χ2n) is 5.82. The van der Waals surface area contributed by atoms with Crippen molar-refractivity contribution >= 4 is 23.4 Å². The average molecular weight is 354 g/mol. The van der Waals surface area contributed by atoms with Gasteiger partial charge in [-0.3, -0.25) is 14.9 Å². The minimum Gasteiger partial charge on any atom is -0.493 e. The molecule has 2 aromatic carbocycles. The van der Waals surface area contributed by atoms with Crippen molar-refractivity contribution in [1.29, 1.82) is 0 Å². The SMILES string of the molecule is CCCCOc1ccccc1C=CC(=O)Nc1cc([N+](=O)[O-])ccc1C. The fourth-order valence-electron chi connectivity index (χ4n) is 2.27. The lowest BCUT2D eigenvalue weighted by Crippen LogP contribution is -2.09. The van der Waals surface area contributed by atoms with Crippen LogP contribution >= 0.6 is 0 Å². The number of aryl methyl sites for hydroxylation is 1. The molecule has 0 atom stereocenters. The molecule has 0 spiro atoms. The number of hydrogen-bond acceptors (Lipinski definition) is 4. The summed E-state index contributed by atoms with van der Waals surface area (Å²) in [5, 5.41) is 13.5. The van der Waals surface area contributed by atoms with E-state index in [1.165, 1.54) is 18.2 Å². The van der Waals surface area contributed by atoms with Crippen LogP contribution in [0.1, 0.15) is 30.9 Å². The second-order valence-corrected chi connectivity index (χ2v) is 5.82. The molecule has 0 saturated heterocycles. The number of nitrogens with zero attached hydrogens (tertiary/aromatic N) is 1. The molecule has 0 fully saturated rings. The third kappa shape index (κ3) is 5.44. The van der Waals surface area contributed by atoms with Crippen molar-refractivity contribution in [2.24, 2.45) is 0 Å². The molecule has 0 unspecified atom stereocenters. The number of nitro benzene ring substituents is 1. The molecule has 136 valence electrons. The summed E-state index contributed by atoms with van der Waals surface area (Å²) in [7, 11) is 0. The Bertz CT molecular complexity index is 815. The van der Waals surface area contributed by atoms with Crippen LogP contribution in [0.15, 0.2) is 48.5 Å². The molecule has 26 heavy (non-hydrogen) atoms. The molecule has 2 aromatic rings. The van der Waals surface area contributed by atoms with E-state index in [1.807, 2.05) is 24.3 Å². The predicted molar refractivity (Wildman–Crippen MR) is 102 cm³/mol. The van der Waals surface area contributed by atoms with Crippen molar-refractivity contribution < 1.29 is 14.5 Å². The first-order chi connectivity index (χ1) is 12.5. The number of unbranched alkanes of at least 4 members (excludes halogenated alkanes) is 1. The first-order valence-corrected chi connectivity index (χ1v) is 8.47. The minimum atomic E-state index is -0.491. The lowest BCUT2D eigenvalue weighted by Gasteiger charge is -2.09. The highest BCUT2D eigenvalue weighted by molar-refractivity contribution is 6.02. The molecule has 0 aliphatic rings. The second kappa shape index (κ2) is 9.36. The van der Waals surface area contributed by atoms with E-state index in [9.17, 15) is 14.9 Å². The fraction of sp³-hybridized carbons (Fsp3) is 0.250. The average Bonchev–Trinajstić information content (AvgIpc) is 2.62. The van der Waals surface area contributed by atoms with Gasteiger partial charge in [0.15, 0.2) is 0 Å². The zero-order valence-corrected chi connectivity index (χ0v) is 14.9. The van der Waals surface area contributed by atoms with Crippen LogP contribution in [0.4, 0.5) is 11.4 Å². The molecule has 1 N–H and O–H groups in total. The molecular formula is C20H22N2O4. The summed E-state index contributed by atoms with van der Waals surface area (Å²) < 4.78 is 5.73. The lowest BCUT2D eigenvalue weighted by molar-refractivity contribution is -0.384. The van der Waals surface area contributed by atoms with Gasteiger partial charge in [-0.25, -0.2) is 0 Å². The Morgan fingerprint density at radius 1 is 1.27 bits per heavy atom. The van der Waals surface area contributed by atoms with E-state index in [0.717, 1.165) is 29.7 Å².